The quantitative estimate of drug-likeness (QED) is 0.876. The number of carbonyl (C=O) groups is 1. The highest BCUT2D eigenvalue weighted by Crippen LogP contribution is 2.27. The number of piperidine rings is 1. The third-order valence-electron chi connectivity index (χ3n) is 3.78. The molecule has 0 saturated carbocycles. The van der Waals surface area contributed by atoms with Crippen LogP contribution in [0.2, 0.25) is 0 Å². The zero-order chi connectivity index (χ0) is 16.6. The van der Waals surface area contributed by atoms with Crippen LogP contribution >= 0.6 is 0 Å². The van der Waals surface area contributed by atoms with Crippen molar-refractivity contribution in [3.8, 4) is 0 Å². The maximum absolute atomic E-state index is 13.2. The predicted molar refractivity (Wildman–Crippen MR) is 83.6 cm³/mol. The van der Waals surface area contributed by atoms with E-state index in [1.165, 1.54) is 6.07 Å². The number of pyridine rings is 1. The van der Waals surface area contributed by atoms with Crippen molar-refractivity contribution >= 4 is 17.3 Å². The number of rotatable bonds is 1. The van der Waals surface area contributed by atoms with Gasteiger partial charge in [-0.3, -0.25) is 0 Å². The van der Waals surface area contributed by atoms with E-state index in [1.54, 1.807) is 4.90 Å². The number of nitrogens with zero attached hydrogens (tertiary/aromatic N) is 3. The molecule has 6 nitrogen and oxygen atoms in total. The highest BCUT2D eigenvalue weighted by Gasteiger charge is 2.29. The standard InChI is InChI=1S/C16H21FN4O2/c1-16(2,3)23-15(22)21-6-4-5-10(9-21)13-19-12-7-11(17)8-18-14(12)20-13/h7-8,10H,4-6,9H2,1-3H3,(H,18,19,20). The Balaban J connectivity index is 1.75. The SMILES string of the molecule is CC(C)(C)OC(=O)N1CCCC(c2nc3ncc(F)cc3[nH]2)C1. The number of H-pyrrole nitrogens is 1. The molecular weight excluding hydrogens is 299 g/mol. The summed E-state index contributed by atoms with van der Waals surface area (Å²) in [5, 5.41) is 0. The van der Waals surface area contributed by atoms with Crippen LogP contribution in [-0.4, -0.2) is 44.6 Å². The average molecular weight is 320 g/mol. The topological polar surface area (TPSA) is 71.1 Å². The summed E-state index contributed by atoms with van der Waals surface area (Å²) >= 11 is 0. The molecule has 0 spiro atoms. The number of ether oxygens (including phenoxy) is 1. The van der Waals surface area contributed by atoms with Crippen LogP contribution < -0.4 is 0 Å². The van der Waals surface area contributed by atoms with Gasteiger partial charge in [-0.15, -0.1) is 0 Å². The van der Waals surface area contributed by atoms with Crippen LogP contribution in [0.1, 0.15) is 45.4 Å². The number of hydrogen-bond donors (Lipinski definition) is 1. The lowest BCUT2D eigenvalue weighted by molar-refractivity contribution is 0.0196. The summed E-state index contributed by atoms with van der Waals surface area (Å²) < 4.78 is 18.7. The molecule has 1 aliphatic rings. The fourth-order valence-electron chi connectivity index (χ4n) is 2.78. The summed E-state index contributed by atoms with van der Waals surface area (Å²) in [7, 11) is 0. The third kappa shape index (κ3) is 3.60. The molecule has 124 valence electrons. The normalized spacial score (nSPS) is 19.1. The molecule has 1 saturated heterocycles. The molecule has 1 aliphatic heterocycles. The zero-order valence-corrected chi connectivity index (χ0v) is 13.6. The number of amides is 1. The lowest BCUT2D eigenvalue weighted by Crippen LogP contribution is -2.42. The van der Waals surface area contributed by atoms with Crippen molar-refractivity contribution in [2.24, 2.45) is 0 Å². The summed E-state index contributed by atoms with van der Waals surface area (Å²) in [4.78, 5) is 25.5. The van der Waals surface area contributed by atoms with Crippen molar-refractivity contribution in [2.75, 3.05) is 13.1 Å². The lowest BCUT2D eigenvalue weighted by atomic mass is 9.98. The molecule has 0 radical (unpaired) electrons. The van der Waals surface area contributed by atoms with Crippen molar-refractivity contribution in [3.05, 3.63) is 23.9 Å². The molecule has 1 fully saturated rings. The van der Waals surface area contributed by atoms with Gasteiger partial charge in [-0.05, 0) is 33.6 Å². The Morgan fingerprint density at radius 1 is 1.48 bits per heavy atom. The largest absolute Gasteiger partial charge is 0.444 e. The van der Waals surface area contributed by atoms with E-state index in [4.69, 9.17) is 4.74 Å². The Morgan fingerprint density at radius 3 is 3.00 bits per heavy atom. The Morgan fingerprint density at radius 2 is 2.26 bits per heavy atom. The smallest absolute Gasteiger partial charge is 0.410 e. The van der Waals surface area contributed by atoms with Crippen molar-refractivity contribution < 1.29 is 13.9 Å². The molecule has 1 unspecified atom stereocenters. The first-order valence-electron chi connectivity index (χ1n) is 7.81. The van der Waals surface area contributed by atoms with Gasteiger partial charge in [-0.2, -0.15) is 0 Å². The number of fused-ring (bicyclic) bond motifs is 1. The minimum atomic E-state index is -0.509. The second-order valence-corrected chi connectivity index (χ2v) is 6.91. The number of carbonyl (C=O) groups excluding carboxylic acids is 1. The number of halogens is 1. The molecule has 7 heteroatoms. The maximum atomic E-state index is 13.2. The summed E-state index contributed by atoms with van der Waals surface area (Å²) in [6.45, 7) is 6.78. The number of likely N-dealkylation sites (tertiary alicyclic amines) is 1. The van der Waals surface area contributed by atoms with E-state index in [0.717, 1.165) is 24.9 Å². The number of hydrogen-bond acceptors (Lipinski definition) is 4. The zero-order valence-electron chi connectivity index (χ0n) is 13.6. The molecule has 23 heavy (non-hydrogen) atoms. The molecule has 1 atom stereocenters. The van der Waals surface area contributed by atoms with E-state index in [9.17, 15) is 9.18 Å². The van der Waals surface area contributed by atoms with Crippen molar-refractivity contribution in [1.82, 2.24) is 19.9 Å². The molecule has 0 bridgehead atoms. The van der Waals surface area contributed by atoms with Gasteiger partial charge in [0.15, 0.2) is 5.65 Å². The minimum Gasteiger partial charge on any atom is -0.444 e. The second kappa shape index (κ2) is 5.79. The van der Waals surface area contributed by atoms with Crippen LogP contribution in [0.15, 0.2) is 12.3 Å². The van der Waals surface area contributed by atoms with Gasteiger partial charge in [0, 0.05) is 25.1 Å². The molecule has 3 heterocycles. The van der Waals surface area contributed by atoms with Gasteiger partial charge < -0.3 is 14.6 Å². The van der Waals surface area contributed by atoms with Crippen molar-refractivity contribution in [1.29, 1.82) is 0 Å². The monoisotopic (exact) mass is 320 g/mol. The number of aromatic nitrogens is 3. The Labute approximate surface area is 134 Å². The first-order valence-corrected chi connectivity index (χ1v) is 7.81. The first-order chi connectivity index (χ1) is 10.8. The molecule has 3 rings (SSSR count). The fraction of sp³-hybridized carbons (Fsp3) is 0.562. The van der Waals surface area contributed by atoms with E-state index >= 15 is 0 Å². The molecule has 0 aliphatic carbocycles. The van der Waals surface area contributed by atoms with E-state index in [2.05, 4.69) is 15.0 Å². The summed E-state index contributed by atoms with van der Waals surface area (Å²) in [5.74, 6) is 0.423. The Hall–Kier alpha value is -2.18. The summed E-state index contributed by atoms with van der Waals surface area (Å²) in [6.07, 6.45) is 2.65. The average Bonchev–Trinajstić information content (AvgIpc) is 2.88. The second-order valence-electron chi connectivity index (χ2n) is 6.91. The van der Waals surface area contributed by atoms with Gasteiger partial charge in [0.2, 0.25) is 0 Å². The van der Waals surface area contributed by atoms with E-state index < -0.39 is 11.4 Å². The number of aromatic amines is 1. The Kier molecular flexibility index (Phi) is 3.95. The summed E-state index contributed by atoms with van der Waals surface area (Å²) in [6, 6.07) is 1.38. The van der Waals surface area contributed by atoms with E-state index in [1.807, 2.05) is 20.8 Å². The van der Waals surface area contributed by atoms with Crippen LogP contribution in [0.25, 0.3) is 11.2 Å². The highest BCUT2D eigenvalue weighted by molar-refractivity contribution is 5.70. The van der Waals surface area contributed by atoms with Crippen LogP contribution in [0.5, 0.6) is 0 Å². The van der Waals surface area contributed by atoms with Crippen LogP contribution in [0.4, 0.5) is 9.18 Å². The molecular formula is C16H21FN4O2. The van der Waals surface area contributed by atoms with E-state index in [-0.39, 0.29) is 12.0 Å². The van der Waals surface area contributed by atoms with Crippen molar-refractivity contribution in [3.63, 3.8) is 0 Å². The van der Waals surface area contributed by atoms with Crippen molar-refractivity contribution in [2.45, 2.75) is 45.1 Å². The van der Waals surface area contributed by atoms with Gasteiger partial charge in [0.25, 0.3) is 0 Å². The van der Waals surface area contributed by atoms with Crippen LogP contribution in [0.3, 0.4) is 0 Å². The molecule has 1 amide bonds. The van der Waals surface area contributed by atoms with Gasteiger partial charge >= 0.3 is 6.09 Å². The first kappa shape index (κ1) is 15.7. The van der Waals surface area contributed by atoms with Crippen LogP contribution in [0, 0.1) is 5.82 Å². The highest BCUT2D eigenvalue weighted by atomic mass is 19.1. The van der Waals surface area contributed by atoms with Crippen LogP contribution in [-0.2, 0) is 4.74 Å². The maximum Gasteiger partial charge on any atom is 0.410 e. The lowest BCUT2D eigenvalue weighted by Gasteiger charge is -2.33. The third-order valence-corrected chi connectivity index (χ3v) is 3.78. The molecule has 0 aromatic carbocycles. The summed E-state index contributed by atoms with van der Waals surface area (Å²) in [5.41, 5.74) is 0.565. The number of nitrogens with one attached hydrogen (secondary N) is 1. The predicted octanol–water partition coefficient (Wildman–Crippen LogP) is 3.21. The molecule has 2 aromatic rings. The molecule has 2 aromatic heterocycles. The minimum absolute atomic E-state index is 0.0773. The number of imidazole rings is 1. The molecule has 1 N–H and O–H groups in total. The van der Waals surface area contributed by atoms with E-state index in [0.29, 0.717) is 24.3 Å². The Bertz CT molecular complexity index is 722. The van der Waals surface area contributed by atoms with Gasteiger partial charge in [-0.25, -0.2) is 19.2 Å². The van der Waals surface area contributed by atoms with Gasteiger partial charge in [0.05, 0.1) is 11.7 Å². The van der Waals surface area contributed by atoms with Gasteiger partial charge in [-0.1, -0.05) is 0 Å². The van der Waals surface area contributed by atoms with Gasteiger partial charge in [0.1, 0.15) is 17.2 Å². The fourth-order valence-corrected chi connectivity index (χ4v) is 2.78.